The highest BCUT2D eigenvalue weighted by Crippen LogP contribution is 2.07. The molecular formula is C15H28O2. The monoisotopic (exact) mass is 240 g/mol. The van der Waals surface area contributed by atoms with Crippen LogP contribution in [0.2, 0.25) is 0 Å². The zero-order chi connectivity index (χ0) is 12.8. The first-order valence-corrected chi connectivity index (χ1v) is 7.11. The molecule has 0 saturated heterocycles. The van der Waals surface area contributed by atoms with Crippen molar-refractivity contribution in [1.29, 1.82) is 0 Å². The van der Waals surface area contributed by atoms with Crippen LogP contribution in [0.15, 0.2) is 12.2 Å². The molecule has 0 spiro atoms. The molecule has 0 aliphatic rings. The Kier molecular flexibility index (Phi) is 12.7. The Bertz CT molecular complexity index is 197. The number of esters is 1. The second-order valence-corrected chi connectivity index (χ2v) is 4.41. The number of carbonyl (C=O) groups is 1. The normalized spacial score (nSPS) is 10.9. The highest BCUT2D eigenvalue weighted by molar-refractivity contribution is 5.69. The molecule has 0 atom stereocenters. The van der Waals surface area contributed by atoms with E-state index in [1.165, 1.54) is 19.3 Å². The highest BCUT2D eigenvalue weighted by Gasteiger charge is 2.01. The second-order valence-electron chi connectivity index (χ2n) is 4.41. The van der Waals surface area contributed by atoms with E-state index in [0.29, 0.717) is 13.0 Å². The van der Waals surface area contributed by atoms with Crippen LogP contribution in [0, 0.1) is 0 Å². The maximum Gasteiger partial charge on any atom is 0.305 e. The highest BCUT2D eigenvalue weighted by atomic mass is 16.5. The van der Waals surface area contributed by atoms with Crippen LogP contribution in [-0.2, 0) is 9.53 Å². The minimum absolute atomic E-state index is 0.0238. The van der Waals surface area contributed by atoms with E-state index in [9.17, 15) is 4.79 Å². The zero-order valence-electron chi connectivity index (χ0n) is 11.5. The van der Waals surface area contributed by atoms with Gasteiger partial charge in [-0.3, -0.25) is 4.79 Å². The number of rotatable bonds is 11. The molecule has 100 valence electrons. The van der Waals surface area contributed by atoms with Crippen LogP contribution >= 0.6 is 0 Å². The van der Waals surface area contributed by atoms with Crippen molar-refractivity contribution in [2.24, 2.45) is 0 Å². The van der Waals surface area contributed by atoms with E-state index in [4.69, 9.17) is 4.74 Å². The lowest BCUT2D eigenvalue weighted by atomic mass is 10.1. The molecule has 0 radical (unpaired) electrons. The summed E-state index contributed by atoms with van der Waals surface area (Å²) < 4.78 is 5.09. The third-order valence-electron chi connectivity index (χ3n) is 2.67. The van der Waals surface area contributed by atoms with Gasteiger partial charge in [-0.1, -0.05) is 45.3 Å². The molecule has 0 heterocycles. The first kappa shape index (κ1) is 16.2. The topological polar surface area (TPSA) is 26.3 Å². The summed E-state index contributed by atoms with van der Waals surface area (Å²) in [6, 6.07) is 0. The van der Waals surface area contributed by atoms with Gasteiger partial charge < -0.3 is 4.74 Å². The van der Waals surface area contributed by atoms with Gasteiger partial charge in [-0.2, -0.15) is 0 Å². The molecule has 0 aromatic heterocycles. The van der Waals surface area contributed by atoms with Crippen molar-refractivity contribution in [2.45, 2.75) is 71.6 Å². The van der Waals surface area contributed by atoms with Crippen molar-refractivity contribution in [3.63, 3.8) is 0 Å². The maximum atomic E-state index is 11.3. The van der Waals surface area contributed by atoms with Crippen LogP contribution < -0.4 is 0 Å². The summed E-state index contributed by atoms with van der Waals surface area (Å²) in [6.45, 7) is 4.85. The zero-order valence-corrected chi connectivity index (χ0v) is 11.5. The Morgan fingerprint density at radius 1 is 1.00 bits per heavy atom. The van der Waals surface area contributed by atoms with Crippen LogP contribution in [-0.4, -0.2) is 12.6 Å². The lowest BCUT2D eigenvalue weighted by molar-refractivity contribution is -0.143. The number of ether oxygens (including phenoxy) is 1. The summed E-state index contributed by atoms with van der Waals surface area (Å²) in [5, 5.41) is 0. The predicted octanol–water partition coefficient (Wildman–Crippen LogP) is 4.64. The molecule has 0 bridgehead atoms. The largest absolute Gasteiger partial charge is 0.466 e. The van der Waals surface area contributed by atoms with E-state index in [2.05, 4.69) is 26.0 Å². The number of carbonyl (C=O) groups excluding carboxylic acids is 1. The van der Waals surface area contributed by atoms with E-state index in [-0.39, 0.29) is 5.97 Å². The average Bonchev–Trinajstić information content (AvgIpc) is 2.33. The predicted molar refractivity (Wildman–Crippen MR) is 73.0 cm³/mol. The van der Waals surface area contributed by atoms with Crippen LogP contribution in [0.4, 0.5) is 0 Å². The molecule has 0 aromatic rings. The summed E-state index contributed by atoms with van der Waals surface area (Å²) >= 11 is 0. The molecule has 0 rings (SSSR count). The molecule has 0 aliphatic heterocycles. The number of allylic oxidation sites excluding steroid dienone is 2. The van der Waals surface area contributed by atoms with E-state index in [1.807, 2.05) is 0 Å². The first-order chi connectivity index (χ1) is 8.31. The maximum absolute atomic E-state index is 11.3. The van der Waals surface area contributed by atoms with Gasteiger partial charge in [0.25, 0.3) is 0 Å². The first-order valence-electron chi connectivity index (χ1n) is 7.11. The van der Waals surface area contributed by atoms with Gasteiger partial charge in [0.15, 0.2) is 0 Å². The molecule has 2 heteroatoms. The fraction of sp³-hybridized carbons (Fsp3) is 0.800. The fourth-order valence-corrected chi connectivity index (χ4v) is 1.57. The Morgan fingerprint density at radius 2 is 1.76 bits per heavy atom. The van der Waals surface area contributed by atoms with E-state index in [1.54, 1.807) is 0 Å². The van der Waals surface area contributed by atoms with Crippen molar-refractivity contribution < 1.29 is 9.53 Å². The number of hydrogen-bond acceptors (Lipinski definition) is 2. The minimum Gasteiger partial charge on any atom is -0.466 e. The quantitative estimate of drug-likeness (QED) is 0.299. The number of unbranched alkanes of at least 4 members (excludes halogenated alkanes) is 5. The SMILES string of the molecule is CCC=CCCCCCCC(=O)OCCCC. The van der Waals surface area contributed by atoms with Crippen molar-refractivity contribution in [3.8, 4) is 0 Å². The molecule has 17 heavy (non-hydrogen) atoms. The van der Waals surface area contributed by atoms with Crippen LogP contribution in [0.3, 0.4) is 0 Å². The average molecular weight is 240 g/mol. The lowest BCUT2D eigenvalue weighted by Gasteiger charge is -2.03. The minimum atomic E-state index is -0.0238. The van der Waals surface area contributed by atoms with Gasteiger partial charge >= 0.3 is 5.97 Å². The van der Waals surface area contributed by atoms with Crippen molar-refractivity contribution in [3.05, 3.63) is 12.2 Å². The summed E-state index contributed by atoms with van der Waals surface area (Å²) in [5.74, 6) is -0.0238. The van der Waals surface area contributed by atoms with Gasteiger partial charge in [-0.05, 0) is 32.1 Å². The Balaban J connectivity index is 3.16. The van der Waals surface area contributed by atoms with E-state index < -0.39 is 0 Å². The summed E-state index contributed by atoms with van der Waals surface area (Å²) in [6.07, 6.45) is 14.0. The molecule has 0 N–H and O–H groups in total. The van der Waals surface area contributed by atoms with Crippen molar-refractivity contribution >= 4 is 5.97 Å². The molecule has 2 nitrogen and oxygen atoms in total. The van der Waals surface area contributed by atoms with Gasteiger partial charge in [-0.15, -0.1) is 0 Å². The Hall–Kier alpha value is -0.790. The standard InChI is InChI=1S/C15H28O2/c1-3-5-7-8-9-10-11-12-13-15(16)17-14-6-4-2/h5,7H,3-4,6,8-14H2,1-2H3. The number of hydrogen-bond donors (Lipinski definition) is 0. The van der Waals surface area contributed by atoms with Gasteiger partial charge in [0.1, 0.15) is 0 Å². The van der Waals surface area contributed by atoms with Gasteiger partial charge in [0.2, 0.25) is 0 Å². The van der Waals surface area contributed by atoms with E-state index >= 15 is 0 Å². The second kappa shape index (κ2) is 13.3. The molecule has 0 aliphatic carbocycles. The van der Waals surface area contributed by atoms with Crippen LogP contribution in [0.5, 0.6) is 0 Å². The van der Waals surface area contributed by atoms with Gasteiger partial charge in [-0.25, -0.2) is 0 Å². The van der Waals surface area contributed by atoms with Gasteiger partial charge in [0.05, 0.1) is 6.61 Å². The molecule has 0 saturated carbocycles. The van der Waals surface area contributed by atoms with E-state index in [0.717, 1.165) is 32.1 Å². The fourth-order valence-electron chi connectivity index (χ4n) is 1.57. The van der Waals surface area contributed by atoms with Crippen LogP contribution in [0.1, 0.15) is 71.6 Å². The van der Waals surface area contributed by atoms with Gasteiger partial charge in [0, 0.05) is 6.42 Å². The molecule has 0 aromatic carbocycles. The van der Waals surface area contributed by atoms with Crippen molar-refractivity contribution in [1.82, 2.24) is 0 Å². The smallest absolute Gasteiger partial charge is 0.305 e. The summed E-state index contributed by atoms with van der Waals surface area (Å²) in [7, 11) is 0. The summed E-state index contributed by atoms with van der Waals surface area (Å²) in [5.41, 5.74) is 0. The third kappa shape index (κ3) is 13.1. The Morgan fingerprint density at radius 3 is 2.47 bits per heavy atom. The summed E-state index contributed by atoms with van der Waals surface area (Å²) in [4.78, 5) is 11.3. The molecular weight excluding hydrogens is 212 g/mol. The Labute approximate surface area is 106 Å². The van der Waals surface area contributed by atoms with Crippen molar-refractivity contribution in [2.75, 3.05) is 6.61 Å². The van der Waals surface area contributed by atoms with Crippen LogP contribution in [0.25, 0.3) is 0 Å². The lowest BCUT2D eigenvalue weighted by Crippen LogP contribution is -2.05. The third-order valence-corrected chi connectivity index (χ3v) is 2.67. The molecule has 0 fully saturated rings. The molecule has 0 amide bonds. The molecule has 0 unspecified atom stereocenters.